The van der Waals surface area contributed by atoms with Crippen molar-refractivity contribution >= 4 is 5.78 Å². The van der Waals surface area contributed by atoms with Crippen molar-refractivity contribution in [2.45, 2.75) is 45.8 Å². The number of halogens is 3. The lowest BCUT2D eigenvalue weighted by Gasteiger charge is -2.37. The largest absolute Gasteiger partial charge is 0.416 e. The van der Waals surface area contributed by atoms with Gasteiger partial charge in [0, 0.05) is 17.4 Å². The van der Waals surface area contributed by atoms with Crippen LogP contribution in [0.15, 0.2) is 24.3 Å². The molecule has 0 radical (unpaired) electrons. The van der Waals surface area contributed by atoms with E-state index in [4.69, 9.17) is 5.73 Å². The normalized spacial score (nSPS) is 13.4. The Labute approximate surface area is 117 Å². The van der Waals surface area contributed by atoms with Gasteiger partial charge in [-0.15, -0.1) is 0 Å². The molecule has 0 bridgehead atoms. The van der Waals surface area contributed by atoms with Gasteiger partial charge in [-0.25, -0.2) is 0 Å². The maximum atomic E-state index is 12.4. The Morgan fingerprint density at radius 3 is 1.85 bits per heavy atom. The second-order valence-electron chi connectivity index (χ2n) is 6.14. The standard InChI is InChI=1S/C15H20F3NO/c1-13(2,14(3,4)19)12(20)9-10-5-7-11(8-6-10)15(16,17)18/h5-8H,9,19H2,1-4H3. The van der Waals surface area contributed by atoms with Crippen LogP contribution in [0.2, 0.25) is 0 Å². The molecule has 0 aliphatic carbocycles. The van der Waals surface area contributed by atoms with Crippen molar-refractivity contribution in [3.63, 3.8) is 0 Å². The quantitative estimate of drug-likeness (QED) is 0.919. The fourth-order valence-corrected chi connectivity index (χ4v) is 1.58. The second-order valence-corrected chi connectivity index (χ2v) is 6.14. The Kier molecular flexibility index (Phi) is 4.34. The molecule has 0 saturated heterocycles. The van der Waals surface area contributed by atoms with Crippen LogP contribution in [-0.2, 0) is 17.4 Å². The van der Waals surface area contributed by atoms with E-state index in [-0.39, 0.29) is 12.2 Å². The Bertz CT molecular complexity index is 481. The molecule has 112 valence electrons. The van der Waals surface area contributed by atoms with Crippen molar-refractivity contribution in [2.75, 3.05) is 0 Å². The van der Waals surface area contributed by atoms with Crippen LogP contribution in [0, 0.1) is 5.41 Å². The molecule has 2 N–H and O–H groups in total. The number of ketones is 1. The van der Waals surface area contributed by atoms with Crippen molar-refractivity contribution in [3.05, 3.63) is 35.4 Å². The number of hydrogen-bond donors (Lipinski definition) is 1. The van der Waals surface area contributed by atoms with Gasteiger partial charge >= 0.3 is 6.18 Å². The number of alkyl halides is 3. The van der Waals surface area contributed by atoms with Gasteiger partial charge in [-0.3, -0.25) is 4.79 Å². The second kappa shape index (κ2) is 5.20. The van der Waals surface area contributed by atoms with Gasteiger partial charge in [0.25, 0.3) is 0 Å². The summed E-state index contributed by atoms with van der Waals surface area (Å²) in [5.41, 5.74) is 4.37. The molecule has 20 heavy (non-hydrogen) atoms. The monoisotopic (exact) mass is 287 g/mol. The predicted molar refractivity (Wildman–Crippen MR) is 72.2 cm³/mol. The molecule has 5 heteroatoms. The maximum Gasteiger partial charge on any atom is 0.416 e. The molecule has 1 aromatic carbocycles. The highest BCUT2D eigenvalue weighted by Gasteiger charge is 2.39. The third-order valence-corrected chi connectivity index (χ3v) is 3.95. The van der Waals surface area contributed by atoms with Crippen molar-refractivity contribution < 1.29 is 18.0 Å². The molecule has 0 fully saturated rings. The van der Waals surface area contributed by atoms with Crippen LogP contribution in [0.3, 0.4) is 0 Å². The first-order valence-electron chi connectivity index (χ1n) is 6.34. The van der Waals surface area contributed by atoms with E-state index in [9.17, 15) is 18.0 Å². The smallest absolute Gasteiger partial charge is 0.325 e. The van der Waals surface area contributed by atoms with E-state index in [2.05, 4.69) is 0 Å². The topological polar surface area (TPSA) is 43.1 Å². The first-order chi connectivity index (χ1) is 8.85. The van der Waals surface area contributed by atoms with E-state index >= 15 is 0 Å². The molecule has 0 aliphatic heterocycles. The van der Waals surface area contributed by atoms with Crippen LogP contribution >= 0.6 is 0 Å². The number of carbonyl (C=O) groups excluding carboxylic acids is 1. The fourth-order valence-electron chi connectivity index (χ4n) is 1.58. The van der Waals surface area contributed by atoms with Crippen LogP contribution in [0.5, 0.6) is 0 Å². The molecule has 0 amide bonds. The maximum absolute atomic E-state index is 12.4. The van der Waals surface area contributed by atoms with E-state index in [1.54, 1.807) is 27.7 Å². The van der Waals surface area contributed by atoms with Crippen LogP contribution in [0.4, 0.5) is 13.2 Å². The fraction of sp³-hybridized carbons (Fsp3) is 0.533. The minimum atomic E-state index is -4.36. The Balaban J connectivity index is 2.88. The highest BCUT2D eigenvalue weighted by atomic mass is 19.4. The molecule has 1 aromatic rings. The SMILES string of the molecule is CC(C)(N)C(C)(C)C(=O)Cc1ccc(C(F)(F)F)cc1. The van der Waals surface area contributed by atoms with Crippen LogP contribution in [0.25, 0.3) is 0 Å². The van der Waals surface area contributed by atoms with Gasteiger partial charge in [-0.2, -0.15) is 13.2 Å². The average Bonchev–Trinajstić information content (AvgIpc) is 2.26. The van der Waals surface area contributed by atoms with Crippen molar-refractivity contribution in [3.8, 4) is 0 Å². The Morgan fingerprint density at radius 2 is 1.50 bits per heavy atom. The summed E-state index contributed by atoms with van der Waals surface area (Å²) < 4.78 is 37.3. The minimum absolute atomic E-state index is 0.0752. The lowest BCUT2D eigenvalue weighted by atomic mass is 9.71. The van der Waals surface area contributed by atoms with Gasteiger partial charge in [0.05, 0.1) is 5.56 Å². The first-order valence-corrected chi connectivity index (χ1v) is 6.34. The number of hydrogen-bond acceptors (Lipinski definition) is 2. The van der Waals surface area contributed by atoms with E-state index < -0.39 is 22.7 Å². The zero-order chi connectivity index (χ0) is 15.8. The first kappa shape index (κ1) is 16.7. The third-order valence-electron chi connectivity index (χ3n) is 3.95. The van der Waals surface area contributed by atoms with Gasteiger partial charge in [0.15, 0.2) is 0 Å². The van der Waals surface area contributed by atoms with Gasteiger partial charge in [-0.1, -0.05) is 26.0 Å². The average molecular weight is 287 g/mol. The molecule has 0 heterocycles. The molecular formula is C15H20F3NO. The Hall–Kier alpha value is -1.36. The van der Waals surface area contributed by atoms with E-state index in [1.807, 2.05) is 0 Å². The van der Waals surface area contributed by atoms with Gasteiger partial charge in [0.2, 0.25) is 0 Å². The molecule has 0 aromatic heterocycles. The van der Waals surface area contributed by atoms with Gasteiger partial charge in [0.1, 0.15) is 5.78 Å². The summed E-state index contributed by atoms with van der Waals surface area (Å²) in [4.78, 5) is 12.3. The molecule has 0 unspecified atom stereocenters. The molecule has 2 nitrogen and oxygen atoms in total. The summed E-state index contributed by atoms with van der Waals surface area (Å²) in [5, 5.41) is 0. The highest BCUT2D eigenvalue weighted by molar-refractivity contribution is 5.87. The van der Waals surface area contributed by atoms with Gasteiger partial charge in [-0.05, 0) is 31.5 Å². The number of nitrogens with two attached hydrogens (primary N) is 1. The molecule has 1 rings (SSSR count). The highest BCUT2D eigenvalue weighted by Crippen LogP contribution is 2.32. The minimum Gasteiger partial charge on any atom is -0.325 e. The van der Waals surface area contributed by atoms with Crippen molar-refractivity contribution in [2.24, 2.45) is 11.1 Å². The zero-order valence-corrected chi connectivity index (χ0v) is 12.1. The van der Waals surface area contributed by atoms with Gasteiger partial charge < -0.3 is 5.73 Å². The summed E-state index contributed by atoms with van der Waals surface area (Å²) in [5.74, 6) is -0.0928. The lowest BCUT2D eigenvalue weighted by molar-refractivity contribution is -0.137. The number of carbonyl (C=O) groups is 1. The number of benzene rings is 1. The molecule has 0 spiro atoms. The lowest BCUT2D eigenvalue weighted by Crippen LogP contribution is -2.52. The number of Topliss-reactive ketones (excluding diaryl/α,β-unsaturated/α-hetero) is 1. The zero-order valence-electron chi connectivity index (χ0n) is 12.1. The number of rotatable bonds is 4. The van der Waals surface area contributed by atoms with E-state index in [0.29, 0.717) is 5.56 Å². The van der Waals surface area contributed by atoms with E-state index in [1.165, 1.54) is 12.1 Å². The third kappa shape index (κ3) is 3.60. The summed E-state index contributed by atoms with van der Waals surface area (Å²) in [6, 6.07) is 4.65. The molecular weight excluding hydrogens is 267 g/mol. The molecule has 0 aliphatic rings. The summed E-state index contributed by atoms with van der Waals surface area (Å²) >= 11 is 0. The summed E-state index contributed by atoms with van der Waals surface area (Å²) in [6.07, 6.45) is -4.28. The summed E-state index contributed by atoms with van der Waals surface area (Å²) in [6.45, 7) is 7.02. The molecule has 0 atom stereocenters. The molecule has 0 saturated carbocycles. The van der Waals surface area contributed by atoms with Crippen LogP contribution < -0.4 is 5.73 Å². The van der Waals surface area contributed by atoms with Crippen LogP contribution in [-0.4, -0.2) is 11.3 Å². The predicted octanol–water partition coefficient (Wildman–Crippen LogP) is 3.58. The van der Waals surface area contributed by atoms with Crippen molar-refractivity contribution in [1.82, 2.24) is 0 Å². The van der Waals surface area contributed by atoms with Crippen molar-refractivity contribution in [1.29, 1.82) is 0 Å². The summed E-state index contributed by atoms with van der Waals surface area (Å²) in [7, 11) is 0. The van der Waals surface area contributed by atoms with E-state index in [0.717, 1.165) is 12.1 Å². The van der Waals surface area contributed by atoms with Crippen LogP contribution in [0.1, 0.15) is 38.8 Å². The Morgan fingerprint density at radius 1 is 1.05 bits per heavy atom.